The van der Waals surface area contributed by atoms with Crippen molar-refractivity contribution >= 4 is 0 Å². The van der Waals surface area contributed by atoms with E-state index in [0.717, 1.165) is 12.0 Å². The van der Waals surface area contributed by atoms with Gasteiger partial charge in [0.1, 0.15) is 0 Å². The maximum Gasteiger partial charge on any atom is 0.0135 e. The zero-order valence-corrected chi connectivity index (χ0v) is 8.00. The second kappa shape index (κ2) is 3.35. The lowest BCUT2D eigenvalue weighted by atomic mass is 9.76. The van der Waals surface area contributed by atoms with Crippen molar-refractivity contribution in [1.29, 1.82) is 0 Å². The summed E-state index contributed by atoms with van der Waals surface area (Å²) in [5.41, 5.74) is 6.12. The molecule has 1 saturated carbocycles. The average Bonchev–Trinajstić information content (AvgIpc) is 2.12. The van der Waals surface area contributed by atoms with E-state index in [-0.39, 0.29) is 0 Å². The zero-order valence-electron chi connectivity index (χ0n) is 8.00. The Morgan fingerprint density at radius 2 is 1.92 bits per heavy atom. The van der Waals surface area contributed by atoms with E-state index in [2.05, 4.69) is 11.9 Å². The number of likely N-dealkylation sites (tertiary alicyclic amines) is 1. The second-order valence-corrected chi connectivity index (χ2v) is 4.45. The Hall–Kier alpha value is -0.0800. The maximum absolute atomic E-state index is 6.12. The first-order valence-corrected chi connectivity index (χ1v) is 5.25. The van der Waals surface area contributed by atoms with Gasteiger partial charge in [-0.1, -0.05) is 12.8 Å². The van der Waals surface area contributed by atoms with Crippen LogP contribution >= 0.6 is 0 Å². The summed E-state index contributed by atoms with van der Waals surface area (Å²) in [6, 6.07) is 1.30. The molecule has 2 N–H and O–H groups in total. The minimum atomic E-state index is 0.492. The quantitative estimate of drug-likeness (QED) is 0.589. The third-order valence-electron chi connectivity index (χ3n) is 3.71. The van der Waals surface area contributed by atoms with Crippen LogP contribution < -0.4 is 5.73 Å². The maximum atomic E-state index is 6.12. The summed E-state index contributed by atoms with van der Waals surface area (Å²) in [6.45, 7) is 1.21. The molecule has 0 unspecified atom stereocenters. The van der Waals surface area contributed by atoms with Crippen molar-refractivity contribution in [2.45, 2.75) is 44.2 Å². The van der Waals surface area contributed by atoms with Gasteiger partial charge in [-0.25, -0.2) is 0 Å². The molecule has 2 rings (SSSR count). The van der Waals surface area contributed by atoms with Crippen molar-refractivity contribution < 1.29 is 0 Å². The molecule has 2 heteroatoms. The third-order valence-corrected chi connectivity index (χ3v) is 3.71. The Morgan fingerprint density at radius 3 is 2.67 bits per heavy atom. The average molecular weight is 168 g/mol. The molecule has 0 aromatic heterocycles. The van der Waals surface area contributed by atoms with Gasteiger partial charge in [0.25, 0.3) is 0 Å². The largest absolute Gasteiger partial charge is 0.327 e. The molecule has 0 aromatic rings. The third kappa shape index (κ3) is 1.38. The van der Waals surface area contributed by atoms with Crippen molar-refractivity contribution in [2.24, 2.45) is 11.7 Å². The lowest BCUT2D eigenvalue weighted by Crippen LogP contribution is -2.53. The molecule has 0 bridgehead atoms. The predicted octanol–water partition coefficient (Wildman–Crippen LogP) is 1.21. The number of rotatable bonds is 0. The van der Waals surface area contributed by atoms with E-state index in [0.29, 0.717) is 6.04 Å². The number of fused-ring (bicyclic) bond motifs is 1. The summed E-state index contributed by atoms with van der Waals surface area (Å²) >= 11 is 0. The van der Waals surface area contributed by atoms with Gasteiger partial charge in [-0.2, -0.15) is 0 Å². The zero-order chi connectivity index (χ0) is 8.55. The molecule has 0 amide bonds. The van der Waals surface area contributed by atoms with Crippen molar-refractivity contribution in [3.05, 3.63) is 0 Å². The summed E-state index contributed by atoms with van der Waals surface area (Å²) in [7, 11) is 2.26. The van der Waals surface area contributed by atoms with Crippen LogP contribution in [0.3, 0.4) is 0 Å². The number of nitrogens with two attached hydrogens (primary N) is 1. The molecule has 0 spiro atoms. The van der Waals surface area contributed by atoms with Crippen molar-refractivity contribution in [3.8, 4) is 0 Å². The molecule has 0 aromatic carbocycles. The Bertz CT molecular complexity index is 140. The van der Waals surface area contributed by atoms with Crippen molar-refractivity contribution in [3.63, 3.8) is 0 Å². The lowest BCUT2D eigenvalue weighted by molar-refractivity contribution is 0.0679. The highest BCUT2D eigenvalue weighted by Gasteiger charge is 2.35. The van der Waals surface area contributed by atoms with Gasteiger partial charge in [0.15, 0.2) is 0 Å². The molecule has 1 aliphatic carbocycles. The van der Waals surface area contributed by atoms with Gasteiger partial charge < -0.3 is 10.6 Å². The van der Waals surface area contributed by atoms with E-state index < -0.39 is 0 Å². The molecule has 1 aliphatic heterocycles. The normalized spacial score (nSPS) is 44.0. The molecule has 2 fully saturated rings. The van der Waals surface area contributed by atoms with Crippen LogP contribution in [0.5, 0.6) is 0 Å². The highest BCUT2D eigenvalue weighted by Crippen LogP contribution is 2.33. The van der Waals surface area contributed by atoms with E-state index in [1.165, 1.54) is 38.6 Å². The Balaban J connectivity index is 2.05. The first-order valence-electron chi connectivity index (χ1n) is 5.25. The first kappa shape index (κ1) is 8.52. The van der Waals surface area contributed by atoms with E-state index in [1.807, 2.05) is 0 Å². The van der Waals surface area contributed by atoms with Crippen LogP contribution in [-0.4, -0.2) is 30.6 Å². The molecule has 2 nitrogen and oxygen atoms in total. The minimum absolute atomic E-state index is 0.492. The topological polar surface area (TPSA) is 29.3 Å². The van der Waals surface area contributed by atoms with Gasteiger partial charge in [0.05, 0.1) is 0 Å². The molecule has 1 saturated heterocycles. The number of piperidine rings is 1. The van der Waals surface area contributed by atoms with Gasteiger partial charge >= 0.3 is 0 Å². The monoisotopic (exact) mass is 168 g/mol. The van der Waals surface area contributed by atoms with E-state index in [9.17, 15) is 0 Å². The van der Waals surface area contributed by atoms with Crippen LogP contribution in [0.15, 0.2) is 0 Å². The molecule has 70 valence electrons. The molecule has 12 heavy (non-hydrogen) atoms. The summed E-state index contributed by atoms with van der Waals surface area (Å²) in [5, 5.41) is 0. The van der Waals surface area contributed by atoms with Crippen LogP contribution in [0, 0.1) is 5.92 Å². The highest BCUT2D eigenvalue weighted by molar-refractivity contribution is 4.92. The molecular weight excluding hydrogens is 148 g/mol. The van der Waals surface area contributed by atoms with Crippen LogP contribution in [0.4, 0.5) is 0 Å². The Morgan fingerprint density at radius 1 is 1.17 bits per heavy atom. The number of nitrogens with zero attached hydrogens (tertiary/aromatic N) is 1. The standard InChI is InChI=1S/C10H20N2/c1-12-7-6-9(11)8-4-2-3-5-10(8)12/h8-10H,2-7,11H2,1H3/t8-,9+,10+/m1/s1. The van der Waals surface area contributed by atoms with E-state index in [4.69, 9.17) is 5.73 Å². The summed E-state index contributed by atoms with van der Waals surface area (Å²) < 4.78 is 0. The summed E-state index contributed by atoms with van der Waals surface area (Å²) in [5.74, 6) is 0.803. The van der Waals surface area contributed by atoms with Crippen molar-refractivity contribution in [1.82, 2.24) is 4.90 Å². The van der Waals surface area contributed by atoms with Crippen LogP contribution in [-0.2, 0) is 0 Å². The smallest absolute Gasteiger partial charge is 0.0135 e. The van der Waals surface area contributed by atoms with Gasteiger partial charge in [0, 0.05) is 12.1 Å². The lowest BCUT2D eigenvalue weighted by Gasteiger charge is -2.45. The fourth-order valence-electron chi connectivity index (χ4n) is 2.92. The molecule has 0 radical (unpaired) electrons. The summed E-state index contributed by atoms with van der Waals surface area (Å²) in [4.78, 5) is 2.52. The van der Waals surface area contributed by atoms with E-state index in [1.54, 1.807) is 0 Å². The fourth-order valence-corrected chi connectivity index (χ4v) is 2.92. The van der Waals surface area contributed by atoms with Crippen molar-refractivity contribution in [2.75, 3.05) is 13.6 Å². The summed E-state index contributed by atoms with van der Waals surface area (Å²) in [6.07, 6.45) is 6.78. The molecule has 2 aliphatic rings. The molecule has 3 atom stereocenters. The van der Waals surface area contributed by atoms with E-state index >= 15 is 0 Å². The first-order chi connectivity index (χ1) is 5.79. The minimum Gasteiger partial charge on any atom is -0.327 e. The van der Waals surface area contributed by atoms with Crippen LogP contribution in [0.1, 0.15) is 32.1 Å². The van der Waals surface area contributed by atoms with Gasteiger partial charge in [0.2, 0.25) is 0 Å². The fraction of sp³-hybridized carbons (Fsp3) is 1.00. The highest BCUT2D eigenvalue weighted by atomic mass is 15.1. The van der Waals surface area contributed by atoms with Gasteiger partial charge in [-0.15, -0.1) is 0 Å². The van der Waals surface area contributed by atoms with Crippen LogP contribution in [0.25, 0.3) is 0 Å². The SMILES string of the molecule is CN1CC[C@H](N)[C@H]2CCCC[C@@H]21. The second-order valence-electron chi connectivity index (χ2n) is 4.45. The predicted molar refractivity (Wildman–Crippen MR) is 51.0 cm³/mol. The Labute approximate surface area is 75.1 Å². The number of hydrogen-bond donors (Lipinski definition) is 1. The Kier molecular flexibility index (Phi) is 2.37. The van der Waals surface area contributed by atoms with Crippen LogP contribution in [0.2, 0.25) is 0 Å². The van der Waals surface area contributed by atoms with Gasteiger partial charge in [-0.3, -0.25) is 0 Å². The van der Waals surface area contributed by atoms with Gasteiger partial charge in [-0.05, 0) is 38.8 Å². The number of hydrogen-bond acceptors (Lipinski definition) is 2. The molecule has 1 heterocycles. The molecular formula is C10H20N2.